The van der Waals surface area contributed by atoms with E-state index in [1.54, 1.807) is 6.07 Å². The van der Waals surface area contributed by atoms with E-state index in [0.717, 1.165) is 23.0 Å². The number of rotatable bonds is 5. The molecule has 0 saturated carbocycles. The molecule has 0 aliphatic rings. The van der Waals surface area contributed by atoms with Crippen molar-refractivity contribution in [2.75, 3.05) is 6.54 Å². The van der Waals surface area contributed by atoms with Gasteiger partial charge in [-0.15, -0.1) is 0 Å². The summed E-state index contributed by atoms with van der Waals surface area (Å²) in [4.78, 5) is 0. The molecule has 1 nitrogen and oxygen atoms in total. The third-order valence-corrected chi connectivity index (χ3v) is 3.09. The van der Waals surface area contributed by atoms with Gasteiger partial charge in [0, 0.05) is 16.1 Å². The Hall–Kier alpha value is -0.410. The Balaban J connectivity index is 2.58. The molecule has 0 spiro atoms. The number of nitrogens with one attached hydrogen (secondary N) is 1. The van der Waals surface area contributed by atoms with Gasteiger partial charge >= 0.3 is 0 Å². The van der Waals surface area contributed by atoms with Gasteiger partial charge in [-0.25, -0.2) is 4.39 Å². The minimum atomic E-state index is -0.146. The Labute approximate surface area is 106 Å². The average Bonchev–Trinajstić information content (AvgIpc) is 2.21. The predicted molar refractivity (Wildman–Crippen MR) is 70.0 cm³/mol. The summed E-state index contributed by atoms with van der Waals surface area (Å²) >= 11 is 3.36. The van der Waals surface area contributed by atoms with E-state index in [9.17, 15) is 4.39 Å². The zero-order valence-electron chi connectivity index (χ0n) is 10.1. The highest BCUT2D eigenvalue weighted by atomic mass is 79.9. The van der Waals surface area contributed by atoms with E-state index in [1.807, 2.05) is 13.0 Å². The Morgan fingerprint density at radius 2 is 2.00 bits per heavy atom. The summed E-state index contributed by atoms with van der Waals surface area (Å²) in [6.45, 7) is 7.29. The SMILES string of the molecule is CC(C)CCNC(C)c1cc(Br)ccc1F. The molecule has 0 saturated heterocycles. The van der Waals surface area contributed by atoms with Gasteiger partial charge in [0.1, 0.15) is 5.82 Å². The van der Waals surface area contributed by atoms with Crippen molar-refractivity contribution < 1.29 is 4.39 Å². The highest BCUT2D eigenvalue weighted by Gasteiger charge is 2.10. The van der Waals surface area contributed by atoms with Crippen LogP contribution in [0.15, 0.2) is 22.7 Å². The van der Waals surface area contributed by atoms with Gasteiger partial charge in [0.15, 0.2) is 0 Å². The number of halogens is 2. The molecule has 0 aliphatic carbocycles. The maximum absolute atomic E-state index is 13.5. The maximum Gasteiger partial charge on any atom is 0.128 e. The quantitative estimate of drug-likeness (QED) is 0.852. The van der Waals surface area contributed by atoms with E-state index >= 15 is 0 Å². The van der Waals surface area contributed by atoms with Gasteiger partial charge in [-0.2, -0.15) is 0 Å². The van der Waals surface area contributed by atoms with Crippen molar-refractivity contribution in [2.24, 2.45) is 5.92 Å². The Morgan fingerprint density at radius 1 is 1.31 bits per heavy atom. The fraction of sp³-hybridized carbons (Fsp3) is 0.538. The third kappa shape index (κ3) is 4.22. The topological polar surface area (TPSA) is 12.0 Å². The monoisotopic (exact) mass is 287 g/mol. The second kappa shape index (κ2) is 6.36. The zero-order valence-corrected chi connectivity index (χ0v) is 11.6. The van der Waals surface area contributed by atoms with Crippen LogP contribution in [-0.2, 0) is 0 Å². The molecule has 1 aromatic rings. The van der Waals surface area contributed by atoms with Crippen molar-refractivity contribution in [1.82, 2.24) is 5.32 Å². The summed E-state index contributed by atoms with van der Waals surface area (Å²) in [5.74, 6) is 0.528. The third-order valence-electron chi connectivity index (χ3n) is 2.60. The number of hydrogen-bond acceptors (Lipinski definition) is 1. The Bertz CT molecular complexity index is 339. The number of benzene rings is 1. The zero-order chi connectivity index (χ0) is 12.1. The lowest BCUT2D eigenvalue weighted by Gasteiger charge is -2.16. The summed E-state index contributed by atoms with van der Waals surface area (Å²) in [6, 6.07) is 5.11. The van der Waals surface area contributed by atoms with E-state index in [-0.39, 0.29) is 11.9 Å². The first-order chi connectivity index (χ1) is 7.50. The molecule has 0 heterocycles. The van der Waals surface area contributed by atoms with Gasteiger partial charge < -0.3 is 5.32 Å². The van der Waals surface area contributed by atoms with Crippen LogP contribution in [0.25, 0.3) is 0 Å². The lowest BCUT2D eigenvalue weighted by atomic mass is 10.1. The number of hydrogen-bond donors (Lipinski definition) is 1. The van der Waals surface area contributed by atoms with E-state index in [4.69, 9.17) is 0 Å². The second-order valence-electron chi connectivity index (χ2n) is 4.52. The van der Waals surface area contributed by atoms with Crippen molar-refractivity contribution >= 4 is 15.9 Å². The first-order valence-corrected chi connectivity index (χ1v) is 6.48. The lowest BCUT2D eigenvalue weighted by molar-refractivity contribution is 0.482. The first-order valence-electron chi connectivity index (χ1n) is 5.69. The van der Waals surface area contributed by atoms with Gasteiger partial charge in [-0.1, -0.05) is 29.8 Å². The molecule has 0 amide bonds. The fourth-order valence-electron chi connectivity index (χ4n) is 1.54. The standard InChI is InChI=1S/C13H19BrFN/c1-9(2)6-7-16-10(3)12-8-11(14)4-5-13(12)15/h4-5,8-10,16H,6-7H2,1-3H3. The van der Waals surface area contributed by atoms with Crippen LogP contribution in [0, 0.1) is 11.7 Å². The minimum absolute atomic E-state index is 0.0521. The van der Waals surface area contributed by atoms with Gasteiger partial charge in [0.05, 0.1) is 0 Å². The smallest absolute Gasteiger partial charge is 0.128 e. The minimum Gasteiger partial charge on any atom is -0.310 e. The second-order valence-corrected chi connectivity index (χ2v) is 5.44. The van der Waals surface area contributed by atoms with Crippen molar-refractivity contribution in [3.8, 4) is 0 Å². The predicted octanol–water partition coefficient (Wildman–Crippen LogP) is 4.28. The summed E-state index contributed by atoms with van der Waals surface area (Å²) in [7, 11) is 0. The average molecular weight is 288 g/mol. The van der Waals surface area contributed by atoms with E-state index in [0.29, 0.717) is 5.92 Å². The molecular formula is C13H19BrFN. The van der Waals surface area contributed by atoms with Gasteiger partial charge in [0.2, 0.25) is 0 Å². The van der Waals surface area contributed by atoms with Crippen molar-refractivity contribution in [1.29, 1.82) is 0 Å². The molecule has 0 radical (unpaired) electrons. The molecule has 0 bridgehead atoms. The van der Waals surface area contributed by atoms with Crippen molar-refractivity contribution in [2.45, 2.75) is 33.2 Å². The first kappa shape index (κ1) is 13.7. The van der Waals surface area contributed by atoms with Crippen LogP contribution in [0.2, 0.25) is 0 Å². The molecule has 1 rings (SSSR count). The van der Waals surface area contributed by atoms with Crippen LogP contribution in [0.3, 0.4) is 0 Å². The molecule has 3 heteroatoms. The highest BCUT2D eigenvalue weighted by molar-refractivity contribution is 9.10. The van der Waals surface area contributed by atoms with E-state index in [1.165, 1.54) is 6.07 Å². The van der Waals surface area contributed by atoms with E-state index < -0.39 is 0 Å². The lowest BCUT2D eigenvalue weighted by Crippen LogP contribution is -2.21. The van der Waals surface area contributed by atoms with Crippen LogP contribution >= 0.6 is 15.9 Å². The summed E-state index contributed by atoms with van der Waals surface area (Å²) in [5, 5.41) is 3.34. The van der Waals surface area contributed by atoms with E-state index in [2.05, 4.69) is 35.1 Å². The molecule has 1 N–H and O–H groups in total. The summed E-state index contributed by atoms with van der Waals surface area (Å²) in [5.41, 5.74) is 0.720. The van der Waals surface area contributed by atoms with Crippen molar-refractivity contribution in [3.63, 3.8) is 0 Å². The Kier molecular flexibility index (Phi) is 5.42. The van der Waals surface area contributed by atoms with Crippen molar-refractivity contribution in [3.05, 3.63) is 34.1 Å². The van der Waals surface area contributed by atoms with Crippen LogP contribution in [0.1, 0.15) is 38.8 Å². The molecule has 0 fully saturated rings. The highest BCUT2D eigenvalue weighted by Crippen LogP contribution is 2.21. The normalized spacial score (nSPS) is 13.1. The molecule has 0 aromatic heterocycles. The van der Waals surface area contributed by atoms with Crippen LogP contribution < -0.4 is 5.32 Å². The van der Waals surface area contributed by atoms with Gasteiger partial charge in [-0.05, 0) is 44.0 Å². The maximum atomic E-state index is 13.5. The van der Waals surface area contributed by atoms with Crippen LogP contribution in [0.4, 0.5) is 4.39 Å². The largest absolute Gasteiger partial charge is 0.310 e. The van der Waals surface area contributed by atoms with Gasteiger partial charge in [0.25, 0.3) is 0 Å². The van der Waals surface area contributed by atoms with Crippen LogP contribution in [-0.4, -0.2) is 6.54 Å². The summed E-state index contributed by atoms with van der Waals surface area (Å²) in [6.07, 6.45) is 1.11. The Morgan fingerprint density at radius 3 is 2.62 bits per heavy atom. The molecule has 0 aliphatic heterocycles. The molecular weight excluding hydrogens is 269 g/mol. The molecule has 1 aromatic carbocycles. The summed E-state index contributed by atoms with van der Waals surface area (Å²) < 4.78 is 14.5. The van der Waals surface area contributed by atoms with Gasteiger partial charge in [-0.3, -0.25) is 0 Å². The molecule has 90 valence electrons. The fourth-order valence-corrected chi connectivity index (χ4v) is 1.92. The molecule has 1 atom stereocenters. The molecule has 16 heavy (non-hydrogen) atoms. The van der Waals surface area contributed by atoms with Crippen LogP contribution in [0.5, 0.6) is 0 Å². The molecule has 1 unspecified atom stereocenters.